The molecule has 4 aromatic carbocycles. The van der Waals surface area contributed by atoms with E-state index in [0.717, 1.165) is 38.7 Å². The van der Waals surface area contributed by atoms with Crippen molar-refractivity contribution in [1.29, 1.82) is 0 Å². The van der Waals surface area contributed by atoms with E-state index < -0.39 is 10.0 Å². The van der Waals surface area contributed by atoms with Gasteiger partial charge in [0.25, 0.3) is 10.0 Å². The van der Waals surface area contributed by atoms with Gasteiger partial charge >= 0.3 is 0 Å². The Balaban J connectivity index is 1.80. The van der Waals surface area contributed by atoms with Crippen molar-refractivity contribution in [3.05, 3.63) is 95.6 Å². The zero-order chi connectivity index (χ0) is 20.9. The molecule has 150 valence electrons. The van der Waals surface area contributed by atoms with E-state index in [9.17, 15) is 8.42 Å². The molecule has 4 heteroatoms. The first-order valence-electron chi connectivity index (χ1n) is 10.2. The Morgan fingerprint density at radius 3 is 2.10 bits per heavy atom. The Labute approximate surface area is 177 Å². The van der Waals surface area contributed by atoms with Crippen molar-refractivity contribution in [2.75, 3.05) is 10.8 Å². The van der Waals surface area contributed by atoms with Crippen molar-refractivity contribution in [2.24, 2.45) is 0 Å². The molecule has 0 saturated carbocycles. The maximum Gasteiger partial charge on any atom is 0.264 e. The highest BCUT2D eigenvalue weighted by atomic mass is 32.2. The van der Waals surface area contributed by atoms with Crippen LogP contribution in [0.2, 0.25) is 0 Å². The fourth-order valence-electron chi connectivity index (χ4n) is 4.59. The average Bonchev–Trinajstić information content (AvgIpc) is 3.21. The van der Waals surface area contributed by atoms with Gasteiger partial charge in [-0.3, -0.25) is 4.31 Å². The minimum Gasteiger partial charge on any atom is -0.265 e. The Bertz CT molecular complexity index is 1360. The van der Waals surface area contributed by atoms with Crippen LogP contribution in [0.5, 0.6) is 0 Å². The van der Waals surface area contributed by atoms with E-state index in [4.69, 9.17) is 0 Å². The Morgan fingerprint density at radius 2 is 1.40 bits per heavy atom. The first-order valence-corrected chi connectivity index (χ1v) is 11.6. The molecule has 0 saturated heterocycles. The van der Waals surface area contributed by atoms with Gasteiger partial charge in [-0.25, -0.2) is 8.42 Å². The molecule has 0 radical (unpaired) electrons. The summed E-state index contributed by atoms with van der Waals surface area (Å²) in [5, 5.41) is 2.10. The highest BCUT2D eigenvalue weighted by Gasteiger charge is 2.34. The standard InChI is InChI=1S/C26H23NO2S/c1-18-12-14-21(15-13-18)30(28,29)27-17-16-24-25(20-8-4-3-5-9-20)19(2)22-10-6-7-11-23(22)26(24)27/h3-15H,16-17H2,1-2H3. The van der Waals surface area contributed by atoms with E-state index in [1.54, 1.807) is 16.4 Å². The van der Waals surface area contributed by atoms with Crippen LogP contribution in [0, 0.1) is 13.8 Å². The third kappa shape index (κ3) is 2.83. The predicted octanol–water partition coefficient (Wildman–Crippen LogP) is 5.88. The van der Waals surface area contributed by atoms with Crippen LogP contribution in [0.4, 0.5) is 5.69 Å². The van der Waals surface area contributed by atoms with Crippen LogP contribution < -0.4 is 4.31 Å². The third-order valence-electron chi connectivity index (χ3n) is 6.03. The number of hydrogen-bond donors (Lipinski definition) is 0. The fourth-order valence-corrected chi connectivity index (χ4v) is 6.10. The van der Waals surface area contributed by atoms with Gasteiger partial charge in [0.1, 0.15) is 0 Å². The summed E-state index contributed by atoms with van der Waals surface area (Å²) in [5.41, 5.74) is 6.48. The number of benzene rings is 4. The first-order chi connectivity index (χ1) is 14.5. The molecular formula is C26H23NO2S. The molecule has 3 nitrogen and oxygen atoms in total. The summed E-state index contributed by atoms with van der Waals surface area (Å²) >= 11 is 0. The lowest BCUT2D eigenvalue weighted by Crippen LogP contribution is -2.29. The normalized spacial score (nSPS) is 13.6. The van der Waals surface area contributed by atoms with Crippen LogP contribution in [0.3, 0.4) is 0 Å². The molecule has 0 spiro atoms. The number of aryl methyl sites for hydroxylation is 2. The van der Waals surface area contributed by atoms with Crippen LogP contribution >= 0.6 is 0 Å². The minimum absolute atomic E-state index is 0.340. The lowest BCUT2D eigenvalue weighted by Gasteiger charge is -2.23. The number of sulfonamides is 1. The van der Waals surface area contributed by atoms with E-state index in [1.165, 1.54) is 5.56 Å². The van der Waals surface area contributed by atoms with Gasteiger partial charge in [-0.2, -0.15) is 0 Å². The van der Waals surface area contributed by atoms with Crippen molar-refractivity contribution >= 4 is 26.5 Å². The summed E-state index contributed by atoms with van der Waals surface area (Å²) in [5.74, 6) is 0. The smallest absolute Gasteiger partial charge is 0.264 e. The zero-order valence-corrected chi connectivity index (χ0v) is 17.9. The van der Waals surface area contributed by atoms with Crippen LogP contribution in [-0.4, -0.2) is 15.0 Å². The molecule has 0 aromatic heterocycles. The van der Waals surface area contributed by atoms with Crippen LogP contribution in [0.1, 0.15) is 16.7 Å². The van der Waals surface area contributed by atoms with Gasteiger partial charge in [0.05, 0.1) is 10.6 Å². The lowest BCUT2D eigenvalue weighted by atomic mass is 9.89. The number of rotatable bonds is 3. The molecule has 0 bridgehead atoms. The molecule has 0 aliphatic carbocycles. The Morgan fingerprint density at radius 1 is 0.767 bits per heavy atom. The maximum atomic E-state index is 13.6. The molecule has 4 aromatic rings. The quantitative estimate of drug-likeness (QED) is 0.421. The van der Waals surface area contributed by atoms with Gasteiger partial charge in [-0.05, 0) is 60.0 Å². The molecule has 0 fully saturated rings. The summed E-state index contributed by atoms with van der Waals surface area (Å²) in [6, 6.07) is 25.5. The van der Waals surface area contributed by atoms with Crippen molar-refractivity contribution in [1.82, 2.24) is 0 Å². The fraction of sp³-hybridized carbons (Fsp3) is 0.154. The highest BCUT2D eigenvalue weighted by molar-refractivity contribution is 7.92. The number of anilines is 1. The Kier molecular flexibility index (Phi) is 4.40. The van der Waals surface area contributed by atoms with Crippen LogP contribution in [0.15, 0.2) is 83.8 Å². The van der Waals surface area contributed by atoms with E-state index >= 15 is 0 Å². The summed E-state index contributed by atoms with van der Waals surface area (Å²) < 4.78 is 28.8. The number of hydrogen-bond acceptors (Lipinski definition) is 2. The molecule has 1 aliphatic rings. The number of nitrogens with zero attached hydrogens (tertiary/aromatic N) is 1. The molecule has 5 rings (SSSR count). The molecular weight excluding hydrogens is 390 g/mol. The molecule has 1 aliphatic heterocycles. The topological polar surface area (TPSA) is 37.4 Å². The molecule has 0 unspecified atom stereocenters. The molecule has 0 amide bonds. The number of fused-ring (bicyclic) bond motifs is 3. The molecule has 0 atom stereocenters. The van der Waals surface area contributed by atoms with E-state index in [2.05, 4.69) is 25.1 Å². The van der Waals surface area contributed by atoms with Gasteiger partial charge < -0.3 is 0 Å². The lowest BCUT2D eigenvalue weighted by molar-refractivity contribution is 0.592. The van der Waals surface area contributed by atoms with Crippen molar-refractivity contribution in [2.45, 2.75) is 25.2 Å². The van der Waals surface area contributed by atoms with Crippen molar-refractivity contribution in [3.63, 3.8) is 0 Å². The van der Waals surface area contributed by atoms with Crippen molar-refractivity contribution < 1.29 is 8.42 Å². The molecule has 1 heterocycles. The summed E-state index contributed by atoms with van der Waals surface area (Å²) in [6.07, 6.45) is 0.705. The second kappa shape index (κ2) is 6.99. The zero-order valence-electron chi connectivity index (χ0n) is 17.1. The minimum atomic E-state index is -3.64. The van der Waals surface area contributed by atoms with Gasteiger partial charge in [0, 0.05) is 11.9 Å². The average molecular weight is 414 g/mol. The van der Waals surface area contributed by atoms with Crippen molar-refractivity contribution in [3.8, 4) is 11.1 Å². The van der Waals surface area contributed by atoms with Crippen LogP contribution in [0.25, 0.3) is 21.9 Å². The van der Waals surface area contributed by atoms with Gasteiger partial charge in [0.2, 0.25) is 0 Å². The van der Waals surface area contributed by atoms with Gasteiger partial charge in [0.15, 0.2) is 0 Å². The van der Waals surface area contributed by atoms with Gasteiger partial charge in [-0.1, -0.05) is 72.3 Å². The van der Waals surface area contributed by atoms with E-state index in [1.807, 2.05) is 55.5 Å². The summed E-state index contributed by atoms with van der Waals surface area (Å²) in [6.45, 7) is 4.56. The summed E-state index contributed by atoms with van der Waals surface area (Å²) in [7, 11) is -3.64. The predicted molar refractivity (Wildman–Crippen MR) is 124 cm³/mol. The molecule has 30 heavy (non-hydrogen) atoms. The second-order valence-corrected chi connectivity index (χ2v) is 9.74. The molecule has 0 N–H and O–H groups in total. The van der Waals surface area contributed by atoms with E-state index in [0.29, 0.717) is 17.9 Å². The Hall–Kier alpha value is -3.11. The van der Waals surface area contributed by atoms with Gasteiger partial charge in [-0.15, -0.1) is 0 Å². The monoisotopic (exact) mass is 413 g/mol. The highest BCUT2D eigenvalue weighted by Crippen LogP contribution is 2.46. The first kappa shape index (κ1) is 18.9. The SMILES string of the molecule is Cc1ccc(S(=O)(=O)N2CCc3c(-c4ccccc4)c(C)c4ccccc4c32)cc1. The maximum absolute atomic E-state index is 13.6. The van der Waals surface area contributed by atoms with E-state index in [-0.39, 0.29) is 0 Å². The third-order valence-corrected chi connectivity index (χ3v) is 7.85. The second-order valence-electron chi connectivity index (χ2n) is 7.88. The van der Waals surface area contributed by atoms with Crippen LogP contribution in [-0.2, 0) is 16.4 Å². The summed E-state index contributed by atoms with van der Waals surface area (Å²) in [4.78, 5) is 0.340. The largest absolute Gasteiger partial charge is 0.265 e.